The number of nitrogens with two attached hydrogens (primary N) is 1. The largest absolute Gasteiger partial charge is 0.463 e. The number of pyridine rings is 1. The zero-order valence-corrected chi connectivity index (χ0v) is 22.1. The molecule has 1 aliphatic heterocycles. The molecule has 0 bridgehead atoms. The average molecular weight is 522 g/mol. The summed E-state index contributed by atoms with van der Waals surface area (Å²) in [5, 5.41) is 11.9. The van der Waals surface area contributed by atoms with Crippen molar-refractivity contribution in [1.29, 1.82) is 0 Å². The minimum absolute atomic E-state index is 0.271. The number of aromatic nitrogens is 1. The van der Waals surface area contributed by atoms with E-state index < -0.39 is 11.6 Å². The lowest BCUT2D eigenvalue weighted by Crippen LogP contribution is -2.40. The molecule has 1 aromatic heterocycles. The predicted octanol–water partition coefficient (Wildman–Crippen LogP) is 4.90. The van der Waals surface area contributed by atoms with Crippen LogP contribution in [0.5, 0.6) is 0 Å². The number of aliphatic hydroxyl groups is 1. The van der Waals surface area contributed by atoms with E-state index in [1.165, 1.54) is 5.56 Å². The van der Waals surface area contributed by atoms with Gasteiger partial charge < -0.3 is 15.6 Å². The lowest BCUT2D eigenvalue weighted by Gasteiger charge is -2.33. The van der Waals surface area contributed by atoms with Crippen LogP contribution in [0.25, 0.3) is 11.1 Å². The molecule has 0 radical (unpaired) electrons. The Labute approximate surface area is 230 Å². The molecule has 0 aliphatic carbocycles. The number of benzene rings is 3. The number of rotatable bonds is 9. The Morgan fingerprint density at radius 2 is 1.49 bits per heavy atom. The summed E-state index contributed by atoms with van der Waals surface area (Å²) >= 11 is 0. The van der Waals surface area contributed by atoms with Gasteiger partial charge in [0.25, 0.3) is 0 Å². The van der Waals surface area contributed by atoms with E-state index in [2.05, 4.69) is 34.1 Å². The number of piperidine rings is 1. The van der Waals surface area contributed by atoms with Gasteiger partial charge in [0.1, 0.15) is 0 Å². The minimum Gasteiger partial charge on any atom is -0.463 e. The van der Waals surface area contributed by atoms with E-state index in [1.54, 1.807) is 30.5 Å². The minimum atomic E-state index is -1.91. The molecule has 0 saturated carbocycles. The van der Waals surface area contributed by atoms with Gasteiger partial charge in [-0.2, -0.15) is 0 Å². The first-order chi connectivity index (χ1) is 19.1. The van der Waals surface area contributed by atoms with E-state index in [1.807, 2.05) is 48.5 Å². The number of ether oxygens (including phenoxy) is 1. The summed E-state index contributed by atoms with van der Waals surface area (Å²) < 4.78 is 5.82. The zero-order chi connectivity index (χ0) is 27.1. The molecule has 1 unspecified atom stereocenters. The Bertz CT molecular complexity index is 1340. The molecule has 2 heterocycles. The van der Waals surface area contributed by atoms with Crippen LogP contribution >= 0.6 is 0 Å². The molecule has 39 heavy (non-hydrogen) atoms. The van der Waals surface area contributed by atoms with Crippen LogP contribution in [0, 0.1) is 5.92 Å². The number of carbonyl (C=O) groups excluding carboxylic acids is 1. The summed E-state index contributed by atoms with van der Waals surface area (Å²) in [5.41, 5.74) is 8.69. The number of hydrogen-bond acceptors (Lipinski definition) is 6. The van der Waals surface area contributed by atoms with E-state index in [9.17, 15) is 9.90 Å². The first-order valence-corrected chi connectivity index (χ1v) is 13.5. The zero-order valence-electron chi connectivity index (χ0n) is 22.1. The molecule has 200 valence electrons. The van der Waals surface area contributed by atoms with Gasteiger partial charge in [0.2, 0.25) is 5.60 Å². The van der Waals surface area contributed by atoms with Gasteiger partial charge in [-0.3, -0.25) is 9.88 Å². The summed E-state index contributed by atoms with van der Waals surface area (Å²) in [4.78, 5) is 20.3. The van der Waals surface area contributed by atoms with Crippen LogP contribution in [0.2, 0.25) is 0 Å². The second-order valence-electron chi connectivity index (χ2n) is 10.2. The van der Waals surface area contributed by atoms with E-state index in [-0.39, 0.29) is 5.92 Å². The highest BCUT2D eigenvalue weighted by Gasteiger charge is 2.42. The van der Waals surface area contributed by atoms with E-state index in [0.29, 0.717) is 24.3 Å². The normalized spacial score (nSPS) is 15.9. The van der Waals surface area contributed by atoms with E-state index >= 15 is 0 Å². The number of likely N-dealkylation sites (tertiary alicyclic amines) is 1. The maximum absolute atomic E-state index is 13.5. The lowest BCUT2D eigenvalue weighted by molar-refractivity contribution is -0.164. The van der Waals surface area contributed by atoms with Crippen LogP contribution in [0.15, 0.2) is 103 Å². The molecule has 3 aromatic carbocycles. The van der Waals surface area contributed by atoms with Crippen molar-refractivity contribution in [3.8, 4) is 11.1 Å². The summed E-state index contributed by atoms with van der Waals surface area (Å²) in [7, 11) is 0. The van der Waals surface area contributed by atoms with Crippen molar-refractivity contribution < 1.29 is 14.6 Å². The van der Waals surface area contributed by atoms with Crippen LogP contribution in [0.4, 0.5) is 0 Å². The van der Waals surface area contributed by atoms with E-state index in [0.717, 1.165) is 49.3 Å². The van der Waals surface area contributed by atoms with Gasteiger partial charge in [0.15, 0.2) is 0 Å². The highest BCUT2D eigenvalue weighted by Crippen LogP contribution is 2.33. The van der Waals surface area contributed by atoms with Crippen LogP contribution in [0.3, 0.4) is 0 Å². The predicted molar refractivity (Wildman–Crippen MR) is 152 cm³/mol. The van der Waals surface area contributed by atoms with Gasteiger partial charge in [0.05, 0.1) is 12.3 Å². The Morgan fingerprint density at radius 1 is 0.872 bits per heavy atom. The van der Waals surface area contributed by atoms with Crippen LogP contribution in [0.1, 0.15) is 35.2 Å². The molecule has 6 heteroatoms. The first-order valence-electron chi connectivity index (χ1n) is 13.5. The van der Waals surface area contributed by atoms with Crippen molar-refractivity contribution in [3.63, 3.8) is 0 Å². The second-order valence-corrected chi connectivity index (χ2v) is 10.2. The van der Waals surface area contributed by atoms with E-state index in [4.69, 9.17) is 10.5 Å². The van der Waals surface area contributed by atoms with Crippen LogP contribution in [-0.4, -0.2) is 40.7 Å². The van der Waals surface area contributed by atoms with Gasteiger partial charge in [0, 0.05) is 24.8 Å². The Morgan fingerprint density at radius 3 is 2.10 bits per heavy atom. The Kier molecular flexibility index (Phi) is 8.47. The molecule has 0 spiro atoms. The molecule has 1 fully saturated rings. The maximum Gasteiger partial charge on any atom is 0.347 e. The number of nitrogens with zero attached hydrogens (tertiary/aromatic N) is 2. The summed E-state index contributed by atoms with van der Waals surface area (Å²) in [5.74, 6) is -0.380. The fourth-order valence-corrected chi connectivity index (χ4v) is 5.15. The fourth-order valence-electron chi connectivity index (χ4n) is 5.15. The topological polar surface area (TPSA) is 88.7 Å². The van der Waals surface area contributed by atoms with Crippen molar-refractivity contribution in [2.45, 2.75) is 31.5 Å². The fraction of sp³-hybridized carbons (Fsp3) is 0.273. The smallest absolute Gasteiger partial charge is 0.347 e. The number of hydrogen-bond donors (Lipinski definition) is 2. The number of esters is 1. The average Bonchev–Trinajstić information content (AvgIpc) is 3.01. The Balaban J connectivity index is 1.26. The highest BCUT2D eigenvalue weighted by molar-refractivity contribution is 5.85. The van der Waals surface area contributed by atoms with Gasteiger partial charge in [-0.1, -0.05) is 91.0 Å². The van der Waals surface area contributed by atoms with Gasteiger partial charge in [-0.25, -0.2) is 4.79 Å². The third-order valence-electron chi connectivity index (χ3n) is 7.56. The molecule has 1 atom stereocenters. The summed E-state index contributed by atoms with van der Waals surface area (Å²) in [6.07, 6.45) is 3.69. The van der Waals surface area contributed by atoms with Gasteiger partial charge in [-0.15, -0.1) is 0 Å². The molecule has 6 nitrogen and oxygen atoms in total. The van der Waals surface area contributed by atoms with Crippen molar-refractivity contribution in [2.75, 3.05) is 19.7 Å². The molecule has 1 saturated heterocycles. The molecular weight excluding hydrogens is 486 g/mol. The Hall–Kier alpha value is -3.84. The van der Waals surface area contributed by atoms with Crippen molar-refractivity contribution in [3.05, 3.63) is 126 Å². The molecule has 1 aliphatic rings. The summed E-state index contributed by atoms with van der Waals surface area (Å²) in [6.45, 7) is 3.54. The molecule has 3 N–H and O–H groups in total. The quantitative estimate of drug-likeness (QED) is 0.305. The third-order valence-corrected chi connectivity index (χ3v) is 7.56. The van der Waals surface area contributed by atoms with Crippen LogP contribution < -0.4 is 5.73 Å². The number of carbonyl (C=O) groups is 1. The standard InChI is InChI=1S/C33H35N3O3/c34-21-31-16-13-28(22-35-31)27-11-14-30(15-12-27)33(38,29-9-5-2-6-10-29)32(37)39-24-26-17-19-36(20-18-26)23-25-7-3-1-4-8-25/h1-16,22,26,38H,17-21,23-24,34H2. The van der Waals surface area contributed by atoms with Gasteiger partial charge in [-0.05, 0) is 60.2 Å². The lowest BCUT2D eigenvalue weighted by atomic mass is 9.85. The van der Waals surface area contributed by atoms with Crippen molar-refractivity contribution >= 4 is 5.97 Å². The molecule has 0 amide bonds. The molecular formula is C33H35N3O3. The van der Waals surface area contributed by atoms with Crippen LogP contribution in [-0.2, 0) is 28.2 Å². The SMILES string of the molecule is NCc1ccc(-c2ccc(C(O)(C(=O)OCC3CCN(Cc4ccccc4)CC3)c3ccccc3)cc2)cn1. The maximum atomic E-state index is 13.5. The molecule has 4 aromatic rings. The van der Waals surface area contributed by atoms with Gasteiger partial charge >= 0.3 is 5.97 Å². The third kappa shape index (κ3) is 6.25. The molecule has 5 rings (SSSR count). The first kappa shape index (κ1) is 26.8. The monoisotopic (exact) mass is 521 g/mol. The highest BCUT2D eigenvalue weighted by atomic mass is 16.5. The van der Waals surface area contributed by atoms with Crippen molar-refractivity contribution in [1.82, 2.24) is 9.88 Å². The summed E-state index contributed by atoms with van der Waals surface area (Å²) in [6, 6.07) is 30.7. The second kappa shape index (κ2) is 12.3. The van der Waals surface area contributed by atoms with Crippen molar-refractivity contribution in [2.24, 2.45) is 11.7 Å².